The van der Waals surface area contributed by atoms with E-state index in [0.717, 1.165) is 38.4 Å². The molecule has 1 aliphatic rings. The van der Waals surface area contributed by atoms with Crippen molar-refractivity contribution in [2.24, 2.45) is 0 Å². The van der Waals surface area contributed by atoms with Gasteiger partial charge >= 0.3 is 0 Å². The first-order chi connectivity index (χ1) is 9.13. The number of benzene rings is 1. The number of rotatable bonds is 4. The Morgan fingerprint density at radius 1 is 1.32 bits per heavy atom. The topological polar surface area (TPSA) is 51.1 Å². The third kappa shape index (κ3) is 3.46. The minimum absolute atomic E-state index is 0.0880. The fourth-order valence-electron chi connectivity index (χ4n) is 2.43. The Bertz CT molecular complexity index is 455. The van der Waals surface area contributed by atoms with Gasteiger partial charge in [-0.15, -0.1) is 0 Å². The highest BCUT2D eigenvalue weighted by Gasteiger charge is 2.27. The molecule has 4 heteroatoms. The summed E-state index contributed by atoms with van der Waals surface area (Å²) in [4.78, 5) is 2.49. The zero-order chi connectivity index (χ0) is 13.7. The predicted molar refractivity (Wildman–Crippen MR) is 78.2 cm³/mol. The van der Waals surface area contributed by atoms with E-state index in [-0.39, 0.29) is 5.54 Å². The van der Waals surface area contributed by atoms with Gasteiger partial charge in [-0.1, -0.05) is 12.1 Å². The molecule has 0 spiro atoms. The maximum Gasteiger partial charge on any atom is 0.101 e. The SMILES string of the molecule is CC(C)(CNc1ccccc1C#N)N1CCNCC1. The molecule has 0 atom stereocenters. The highest BCUT2D eigenvalue weighted by molar-refractivity contribution is 5.57. The molecular weight excluding hydrogens is 236 g/mol. The van der Waals surface area contributed by atoms with Gasteiger partial charge in [0.15, 0.2) is 0 Å². The molecule has 19 heavy (non-hydrogen) atoms. The van der Waals surface area contributed by atoms with Gasteiger partial charge in [0.1, 0.15) is 6.07 Å². The average Bonchev–Trinajstić information content (AvgIpc) is 2.46. The van der Waals surface area contributed by atoms with Crippen molar-refractivity contribution in [2.75, 3.05) is 38.0 Å². The second-order valence-corrected chi connectivity index (χ2v) is 5.56. The Morgan fingerprint density at radius 2 is 2.00 bits per heavy atom. The first-order valence-electron chi connectivity index (χ1n) is 6.82. The number of para-hydroxylation sites is 1. The second-order valence-electron chi connectivity index (χ2n) is 5.56. The number of hydrogen-bond donors (Lipinski definition) is 2. The molecule has 0 unspecified atom stereocenters. The molecule has 102 valence electrons. The lowest BCUT2D eigenvalue weighted by Gasteiger charge is -2.41. The molecule has 0 aliphatic carbocycles. The smallest absolute Gasteiger partial charge is 0.101 e. The molecule has 2 N–H and O–H groups in total. The molecule has 0 radical (unpaired) electrons. The maximum absolute atomic E-state index is 9.09. The van der Waals surface area contributed by atoms with Crippen molar-refractivity contribution >= 4 is 5.69 Å². The van der Waals surface area contributed by atoms with E-state index >= 15 is 0 Å². The highest BCUT2D eigenvalue weighted by Crippen LogP contribution is 2.19. The van der Waals surface area contributed by atoms with Crippen LogP contribution >= 0.6 is 0 Å². The van der Waals surface area contributed by atoms with Crippen LogP contribution in [0.2, 0.25) is 0 Å². The van der Waals surface area contributed by atoms with Gasteiger partial charge in [-0.2, -0.15) is 5.26 Å². The molecular formula is C15H22N4. The summed E-state index contributed by atoms with van der Waals surface area (Å²) in [7, 11) is 0. The Morgan fingerprint density at radius 3 is 2.68 bits per heavy atom. The van der Waals surface area contributed by atoms with E-state index in [1.165, 1.54) is 0 Å². The van der Waals surface area contributed by atoms with E-state index in [4.69, 9.17) is 5.26 Å². The number of hydrogen-bond acceptors (Lipinski definition) is 4. The minimum atomic E-state index is 0.0880. The van der Waals surface area contributed by atoms with Crippen LogP contribution in [0, 0.1) is 11.3 Å². The molecule has 1 aliphatic heterocycles. The van der Waals surface area contributed by atoms with Crippen LogP contribution in [0.25, 0.3) is 0 Å². The quantitative estimate of drug-likeness (QED) is 0.862. The van der Waals surface area contributed by atoms with Crippen molar-refractivity contribution in [3.63, 3.8) is 0 Å². The Kier molecular flexibility index (Phi) is 4.41. The van der Waals surface area contributed by atoms with Gasteiger partial charge in [-0.05, 0) is 26.0 Å². The van der Waals surface area contributed by atoms with E-state index in [0.29, 0.717) is 5.56 Å². The minimum Gasteiger partial charge on any atom is -0.382 e. The molecule has 1 aromatic carbocycles. The molecule has 1 aromatic rings. The van der Waals surface area contributed by atoms with Crippen LogP contribution in [0.3, 0.4) is 0 Å². The van der Waals surface area contributed by atoms with Gasteiger partial charge in [0.25, 0.3) is 0 Å². The summed E-state index contributed by atoms with van der Waals surface area (Å²) in [6.07, 6.45) is 0. The Balaban J connectivity index is 1.99. The number of anilines is 1. The van der Waals surface area contributed by atoms with Gasteiger partial charge in [0.05, 0.1) is 11.3 Å². The summed E-state index contributed by atoms with van der Waals surface area (Å²) in [5.41, 5.74) is 1.72. The Labute approximate surface area is 115 Å². The summed E-state index contributed by atoms with van der Waals surface area (Å²) >= 11 is 0. The number of piperazine rings is 1. The zero-order valence-electron chi connectivity index (χ0n) is 11.7. The number of nitrogens with one attached hydrogen (secondary N) is 2. The average molecular weight is 258 g/mol. The normalized spacial score (nSPS) is 16.9. The largest absolute Gasteiger partial charge is 0.382 e. The van der Waals surface area contributed by atoms with Crippen LogP contribution in [0.1, 0.15) is 19.4 Å². The lowest BCUT2D eigenvalue weighted by molar-refractivity contribution is 0.114. The number of nitrogens with zero attached hydrogens (tertiary/aromatic N) is 2. The Hall–Kier alpha value is -1.57. The fraction of sp³-hybridized carbons (Fsp3) is 0.533. The zero-order valence-corrected chi connectivity index (χ0v) is 11.7. The van der Waals surface area contributed by atoms with Crippen molar-refractivity contribution in [1.82, 2.24) is 10.2 Å². The third-order valence-corrected chi connectivity index (χ3v) is 3.73. The van der Waals surface area contributed by atoms with Crippen LogP contribution in [0.5, 0.6) is 0 Å². The number of nitriles is 1. The molecule has 1 fully saturated rings. The summed E-state index contributed by atoms with van der Waals surface area (Å²) in [6.45, 7) is 9.60. The molecule has 4 nitrogen and oxygen atoms in total. The van der Waals surface area contributed by atoms with E-state index in [1.54, 1.807) is 0 Å². The van der Waals surface area contributed by atoms with Gasteiger partial charge in [-0.3, -0.25) is 4.90 Å². The molecule has 1 heterocycles. The van der Waals surface area contributed by atoms with E-state index < -0.39 is 0 Å². The van der Waals surface area contributed by atoms with E-state index in [9.17, 15) is 0 Å². The van der Waals surface area contributed by atoms with Gasteiger partial charge in [-0.25, -0.2) is 0 Å². The lowest BCUT2D eigenvalue weighted by Crippen LogP contribution is -2.56. The van der Waals surface area contributed by atoms with Crippen LogP contribution in [-0.4, -0.2) is 43.2 Å². The lowest BCUT2D eigenvalue weighted by atomic mass is 10.0. The van der Waals surface area contributed by atoms with Crippen molar-refractivity contribution < 1.29 is 0 Å². The molecule has 0 saturated carbocycles. The monoisotopic (exact) mass is 258 g/mol. The van der Waals surface area contributed by atoms with Gasteiger partial charge < -0.3 is 10.6 Å². The second kappa shape index (κ2) is 6.05. The summed E-state index contributed by atoms with van der Waals surface area (Å²) in [6, 6.07) is 9.89. The molecule has 0 amide bonds. The molecule has 1 saturated heterocycles. The molecule has 0 bridgehead atoms. The van der Waals surface area contributed by atoms with Crippen molar-refractivity contribution in [2.45, 2.75) is 19.4 Å². The van der Waals surface area contributed by atoms with Crippen molar-refractivity contribution in [3.05, 3.63) is 29.8 Å². The summed E-state index contributed by atoms with van der Waals surface area (Å²) < 4.78 is 0. The predicted octanol–water partition coefficient (Wildman–Crippen LogP) is 1.65. The van der Waals surface area contributed by atoms with Crippen LogP contribution in [0.4, 0.5) is 5.69 Å². The summed E-state index contributed by atoms with van der Waals surface area (Å²) in [5, 5.41) is 15.9. The first kappa shape index (κ1) is 13.9. The van der Waals surface area contributed by atoms with E-state index in [1.807, 2.05) is 24.3 Å². The van der Waals surface area contributed by atoms with Crippen LogP contribution in [0.15, 0.2) is 24.3 Å². The fourth-order valence-corrected chi connectivity index (χ4v) is 2.43. The van der Waals surface area contributed by atoms with Crippen LogP contribution in [-0.2, 0) is 0 Å². The maximum atomic E-state index is 9.09. The standard InChI is InChI=1S/C15H22N4/c1-15(2,19-9-7-17-8-10-19)12-18-14-6-4-3-5-13(14)11-16/h3-6,17-18H,7-10,12H2,1-2H3. The third-order valence-electron chi connectivity index (χ3n) is 3.73. The first-order valence-corrected chi connectivity index (χ1v) is 6.82. The van der Waals surface area contributed by atoms with Gasteiger partial charge in [0.2, 0.25) is 0 Å². The molecule has 2 rings (SSSR count). The summed E-state index contributed by atoms with van der Waals surface area (Å²) in [5.74, 6) is 0. The van der Waals surface area contributed by atoms with Crippen molar-refractivity contribution in [3.8, 4) is 6.07 Å². The van der Waals surface area contributed by atoms with Crippen molar-refractivity contribution in [1.29, 1.82) is 5.26 Å². The van der Waals surface area contributed by atoms with Crippen LogP contribution < -0.4 is 10.6 Å². The molecule has 0 aromatic heterocycles. The van der Waals surface area contributed by atoms with Gasteiger partial charge in [0, 0.05) is 38.3 Å². The highest BCUT2D eigenvalue weighted by atomic mass is 15.2. The van der Waals surface area contributed by atoms with E-state index in [2.05, 4.69) is 35.5 Å².